The van der Waals surface area contributed by atoms with E-state index in [-0.39, 0.29) is 0 Å². The van der Waals surface area contributed by atoms with E-state index in [9.17, 15) is 0 Å². The zero-order chi connectivity index (χ0) is 14.7. The van der Waals surface area contributed by atoms with Crippen LogP contribution in [0.1, 0.15) is 11.3 Å². The number of pyridine rings is 1. The maximum atomic E-state index is 5.73. The lowest BCUT2D eigenvalue weighted by Gasteiger charge is -2.13. The van der Waals surface area contributed by atoms with Gasteiger partial charge in [0, 0.05) is 16.2 Å². The molecule has 0 spiro atoms. The predicted molar refractivity (Wildman–Crippen MR) is 88.8 cm³/mol. The van der Waals surface area contributed by atoms with Crippen molar-refractivity contribution < 1.29 is 4.74 Å². The average Bonchev–Trinajstić information content (AvgIpc) is 2.41. The molecule has 0 amide bonds. The van der Waals surface area contributed by atoms with Gasteiger partial charge >= 0.3 is 0 Å². The quantitative estimate of drug-likeness (QED) is 0.825. The maximum absolute atomic E-state index is 5.73. The topological polar surface area (TPSA) is 60.2 Å². The SMILES string of the molecule is COc1ccc(Br)c(Nc2nc(C)ccc2C(N)=S)c1. The van der Waals surface area contributed by atoms with Crippen molar-refractivity contribution >= 4 is 44.6 Å². The maximum Gasteiger partial charge on any atom is 0.140 e. The second kappa shape index (κ2) is 6.19. The number of thiocarbonyl (C=S) groups is 1. The van der Waals surface area contributed by atoms with Gasteiger partial charge in [0.05, 0.1) is 18.4 Å². The minimum absolute atomic E-state index is 0.305. The molecule has 1 aromatic heterocycles. The Morgan fingerprint density at radius 3 is 2.75 bits per heavy atom. The van der Waals surface area contributed by atoms with Crippen LogP contribution in [0.25, 0.3) is 0 Å². The molecule has 0 atom stereocenters. The molecule has 0 aliphatic heterocycles. The van der Waals surface area contributed by atoms with E-state index in [1.54, 1.807) is 7.11 Å². The second-order valence-corrected chi connectivity index (χ2v) is 5.48. The number of aryl methyl sites for hydroxylation is 1. The zero-order valence-corrected chi connectivity index (χ0v) is 13.5. The fraction of sp³-hybridized carbons (Fsp3) is 0.143. The number of halogens is 1. The molecule has 0 saturated carbocycles. The van der Waals surface area contributed by atoms with Gasteiger partial charge in [0.25, 0.3) is 0 Å². The summed E-state index contributed by atoms with van der Waals surface area (Å²) in [7, 11) is 1.62. The van der Waals surface area contributed by atoms with Crippen molar-refractivity contribution in [2.24, 2.45) is 5.73 Å². The number of aromatic nitrogens is 1. The van der Waals surface area contributed by atoms with Crippen molar-refractivity contribution in [3.63, 3.8) is 0 Å². The van der Waals surface area contributed by atoms with Gasteiger partial charge in [0.15, 0.2) is 0 Å². The first-order chi connectivity index (χ1) is 9.51. The number of nitrogens with zero attached hydrogens (tertiary/aromatic N) is 1. The van der Waals surface area contributed by atoms with E-state index in [0.29, 0.717) is 16.4 Å². The van der Waals surface area contributed by atoms with E-state index in [1.807, 2.05) is 37.3 Å². The summed E-state index contributed by atoms with van der Waals surface area (Å²) in [4.78, 5) is 4.75. The van der Waals surface area contributed by atoms with Crippen LogP contribution in [0.15, 0.2) is 34.8 Å². The summed E-state index contributed by atoms with van der Waals surface area (Å²) in [5, 5.41) is 3.23. The summed E-state index contributed by atoms with van der Waals surface area (Å²) in [6.45, 7) is 1.91. The van der Waals surface area contributed by atoms with Gasteiger partial charge in [0.1, 0.15) is 16.6 Å². The Labute approximate surface area is 131 Å². The van der Waals surface area contributed by atoms with Crippen LogP contribution in [0.3, 0.4) is 0 Å². The molecular weight excluding hydrogens is 338 g/mol. The number of hydrogen-bond acceptors (Lipinski definition) is 4. The van der Waals surface area contributed by atoms with Crippen molar-refractivity contribution in [1.29, 1.82) is 0 Å². The van der Waals surface area contributed by atoms with Crippen molar-refractivity contribution in [2.75, 3.05) is 12.4 Å². The Balaban J connectivity index is 2.43. The highest BCUT2D eigenvalue weighted by molar-refractivity contribution is 9.10. The molecule has 0 saturated heterocycles. The lowest BCUT2D eigenvalue weighted by atomic mass is 10.2. The lowest BCUT2D eigenvalue weighted by molar-refractivity contribution is 0.415. The predicted octanol–water partition coefficient (Wildman–Crippen LogP) is 3.54. The summed E-state index contributed by atoms with van der Waals surface area (Å²) in [6, 6.07) is 9.38. The highest BCUT2D eigenvalue weighted by Crippen LogP contribution is 2.30. The molecule has 4 nitrogen and oxygen atoms in total. The van der Waals surface area contributed by atoms with E-state index in [2.05, 4.69) is 26.2 Å². The third-order valence-corrected chi connectivity index (χ3v) is 3.64. The van der Waals surface area contributed by atoms with Crippen LogP contribution in [-0.2, 0) is 0 Å². The van der Waals surface area contributed by atoms with Crippen LogP contribution in [-0.4, -0.2) is 17.1 Å². The minimum atomic E-state index is 0.305. The van der Waals surface area contributed by atoms with Gasteiger partial charge in [-0.3, -0.25) is 0 Å². The van der Waals surface area contributed by atoms with E-state index in [4.69, 9.17) is 22.7 Å². The first-order valence-corrected chi connectivity index (χ1v) is 7.09. The molecule has 3 N–H and O–H groups in total. The monoisotopic (exact) mass is 351 g/mol. The molecule has 1 heterocycles. The third kappa shape index (κ3) is 3.26. The summed E-state index contributed by atoms with van der Waals surface area (Å²) in [5.74, 6) is 1.38. The zero-order valence-electron chi connectivity index (χ0n) is 11.1. The van der Waals surface area contributed by atoms with Gasteiger partial charge in [-0.05, 0) is 47.1 Å². The molecule has 0 aliphatic carbocycles. The Kier molecular flexibility index (Phi) is 4.57. The molecule has 1 aromatic carbocycles. The average molecular weight is 352 g/mol. The van der Waals surface area contributed by atoms with E-state index in [1.165, 1.54) is 0 Å². The van der Waals surface area contributed by atoms with Crippen molar-refractivity contribution in [2.45, 2.75) is 6.92 Å². The largest absolute Gasteiger partial charge is 0.497 e. The molecule has 2 rings (SSSR count). The number of anilines is 2. The van der Waals surface area contributed by atoms with Crippen LogP contribution in [0.4, 0.5) is 11.5 Å². The molecule has 6 heteroatoms. The fourth-order valence-corrected chi connectivity index (χ4v) is 2.22. The molecule has 0 fully saturated rings. The number of benzene rings is 1. The van der Waals surface area contributed by atoms with Crippen LogP contribution < -0.4 is 15.8 Å². The molecule has 0 aliphatic rings. The first kappa shape index (κ1) is 14.7. The Bertz CT molecular complexity index is 661. The Hall–Kier alpha value is -1.66. The summed E-state index contributed by atoms with van der Waals surface area (Å²) in [5.41, 5.74) is 8.15. The number of hydrogen-bond donors (Lipinski definition) is 2. The van der Waals surface area contributed by atoms with Crippen LogP contribution >= 0.6 is 28.1 Å². The smallest absolute Gasteiger partial charge is 0.140 e. The number of nitrogens with one attached hydrogen (secondary N) is 1. The Morgan fingerprint density at radius 2 is 2.10 bits per heavy atom. The highest BCUT2D eigenvalue weighted by atomic mass is 79.9. The normalized spacial score (nSPS) is 10.2. The summed E-state index contributed by atoms with van der Waals surface area (Å²) in [6.07, 6.45) is 0. The molecule has 0 unspecified atom stereocenters. The summed E-state index contributed by atoms with van der Waals surface area (Å²) >= 11 is 8.54. The van der Waals surface area contributed by atoms with Crippen LogP contribution in [0, 0.1) is 6.92 Å². The molecular formula is C14H14BrN3OS. The molecule has 20 heavy (non-hydrogen) atoms. The van der Waals surface area contributed by atoms with Crippen molar-refractivity contribution in [3.05, 3.63) is 46.1 Å². The van der Waals surface area contributed by atoms with Crippen molar-refractivity contribution in [3.8, 4) is 5.75 Å². The lowest BCUT2D eigenvalue weighted by Crippen LogP contribution is -2.13. The minimum Gasteiger partial charge on any atom is -0.497 e. The van der Waals surface area contributed by atoms with E-state index >= 15 is 0 Å². The second-order valence-electron chi connectivity index (χ2n) is 4.18. The van der Waals surface area contributed by atoms with Gasteiger partial charge in [-0.1, -0.05) is 12.2 Å². The van der Waals surface area contributed by atoms with Gasteiger partial charge in [-0.2, -0.15) is 0 Å². The number of nitrogens with two attached hydrogens (primary N) is 1. The number of rotatable bonds is 4. The fourth-order valence-electron chi connectivity index (χ4n) is 1.71. The van der Waals surface area contributed by atoms with Crippen molar-refractivity contribution in [1.82, 2.24) is 4.98 Å². The standard InChI is InChI=1S/C14H14BrN3OS/c1-8-3-5-10(13(16)20)14(17-8)18-12-7-9(19-2)4-6-11(12)15/h3-7H,1-2H3,(H2,16,20)(H,17,18). The van der Waals surface area contributed by atoms with Gasteiger partial charge < -0.3 is 15.8 Å². The number of methoxy groups -OCH3 is 1. The molecule has 0 radical (unpaired) electrons. The van der Waals surface area contributed by atoms with Gasteiger partial charge in [0.2, 0.25) is 0 Å². The highest BCUT2D eigenvalue weighted by Gasteiger charge is 2.10. The summed E-state index contributed by atoms with van der Waals surface area (Å²) < 4.78 is 6.12. The van der Waals surface area contributed by atoms with Crippen LogP contribution in [0.2, 0.25) is 0 Å². The Morgan fingerprint density at radius 1 is 1.35 bits per heavy atom. The molecule has 2 aromatic rings. The van der Waals surface area contributed by atoms with Gasteiger partial charge in [-0.15, -0.1) is 0 Å². The third-order valence-electron chi connectivity index (χ3n) is 2.73. The first-order valence-electron chi connectivity index (χ1n) is 5.89. The number of ether oxygens (including phenoxy) is 1. The molecule has 104 valence electrons. The van der Waals surface area contributed by atoms with Gasteiger partial charge in [-0.25, -0.2) is 4.98 Å². The van der Waals surface area contributed by atoms with Crippen LogP contribution in [0.5, 0.6) is 5.75 Å². The van der Waals surface area contributed by atoms with E-state index in [0.717, 1.165) is 21.6 Å². The molecule has 0 bridgehead atoms. The van der Waals surface area contributed by atoms with E-state index < -0.39 is 0 Å².